The van der Waals surface area contributed by atoms with Gasteiger partial charge >= 0.3 is 0 Å². The van der Waals surface area contributed by atoms with Gasteiger partial charge in [0.25, 0.3) is 0 Å². The van der Waals surface area contributed by atoms with Crippen LogP contribution in [-0.2, 0) is 6.54 Å². The smallest absolute Gasteiger partial charge is 0.226 e. The molecule has 2 aromatic rings. The van der Waals surface area contributed by atoms with E-state index in [0.717, 1.165) is 17.7 Å². The lowest BCUT2D eigenvalue weighted by atomic mass is 10.2. The fourth-order valence-electron chi connectivity index (χ4n) is 1.70. The lowest BCUT2D eigenvalue weighted by Gasteiger charge is -2.19. The van der Waals surface area contributed by atoms with Crippen LogP contribution in [0.3, 0.4) is 0 Å². The summed E-state index contributed by atoms with van der Waals surface area (Å²) in [7, 11) is 3.49. The minimum atomic E-state index is -0.444. The van der Waals surface area contributed by atoms with Crippen LogP contribution in [-0.4, -0.2) is 19.3 Å². The van der Waals surface area contributed by atoms with Gasteiger partial charge in [-0.25, -0.2) is 0 Å². The fraction of sp³-hybridized carbons (Fsp3) is 0.214. The number of benzene rings is 1. The molecule has 1 heterocycles. The summed E-state index contributed by atoms with van der Waals surface area (Å²) in [6, 6.07) is 8.85. The average molecular weight is 261 g/mol. The number of nitrogens with zero attached hydrogens (tertiary/aromatic N) is 1. The third-order valence-corrected chi connectivity index (χ3v) is 2.75. The molecular formula is C14H15NO4. The SMILES string of the molecule is COc1cccc(N(C)Cc2cc(=O)c(O)co2)c1. The molecule has 0 aliphatic carbocycles. The number of rotatable bonds is 4. The lowest BCUT2D eigenvalue weighted by Crippen LogP contribution is -2.17. The van der Waals surface area contributed by atoms with Crippen molar-refractivity contribution >= 4 is 5.69 Å². The van der Waals surface area contributed by atoms with E-state index in [0.29, 0.717) is 12.3 Å². The van der Waals surface area contributed by atoms with E-state index >= 15 is 0 Å². The molecule has 0 radical (unpaired) electrons. The second-order valence-electron chi connectivity index (χ2n) is 4.15. The Balaban J connectivity index is 2.17. The van der Waals surface area contributed by atoms with Gasteiger partial charge in [0, 0.05) is 24.9 Å². The highest BCUT2D eigenvalue weighted by Crippen LogP contribution is 2.21. The van der Waals surface area contributed by atoms with E-state index in [2.05, 4.69) is 0 Å². The van der Waals surface area contributed by atoms with Crippen LogP contribution in [0.1, 0.15) is 5.76 Å². The summed E-state index contributed by atoms with van der Waals surface area (Å²) in [4.78, 5) is 13.2. The van der Waals surface area contributed by atoms with Gasteiger partial charge in [-0.1, -0.05) is 6.07 Å². The molecule has 5 nitrogen and oxygen atoms in total. The van der Waals surface area contributed by atoms with Gasteiger partial charge in [-0.2, -0.15) is 0 Å². The maximum atomic E-state index is 11.3. The Bertz CT molecular complexity index is 621. The molecule has 0 atom stereocenters. The normalized spacial score (nSPS) is 10.2. The largest absolute Gasteiger partial charge is 0.502 e. The van der Waals surface area contributed by atoms with Crippen molar-refractivity contribution in [3.63, 3.8) is 0 Å². The van der Waals surface area contributed by atoms with Crippen LogP contribution in [0.25, 0.3) is 0 Å². The van der Waals surface area contributed by atoms with Gasteiger partial charge in [-0.05, 0) is 12.1 Å². The molecule has 5 heteroatoms. The van der Waals surface area contributed by atoms with Gasteiger partial charge in [-0.3, -0.25) is 4.79 Å². The lowest BCUT2D eigenvalue weighted by molar-refractivity contribution is 0.411. The third-order valence-electron chi connectivity index (χ3n) is 2.75. The van der Waals surface area contributed by atoms with Crippen molar-refractivity contribution in [3.05, 3.63) is 52.6 Å². The van der Waals surface area contributed by atoms with Crippen molar-refractivity contribution in [3.8, 4) is 11.5 Å². The maximum absolute atomic E-state index is 11.3. The first-order chi connectivity index (χ1) is 9.10. The van der Waals surface area contributed by atoms with Crippen LogP contribution in [0, 0.1) is 0 Å². The van der Waals surface area contributed by atoms with Crippen molar-refractivity contribution < 1.29 is 14.3 Å². The quantitative estimate of drug-likeness (QED) is 0.911. The minimum Gasteiger partial charge on any atom is -0.502 e. The van der Waals surface area contributed by atoms with Gasteiger partial charge < -0.3 is 19.2 Å². The summed E-state index contributed by atoms with van der Waals surface area (Å²) < 4.78 is 10.3. The van der Waals surface area contributed by atoms with Crippen molar-refractivity contribution in [1.82, 2.24) is 0 Å². The second kappa shape index (κ2) is 5.48. The molecule has 0 saturated carbocycles. The first-order valence-corrected chi connectivity index (χ1v) is 5.76. The van der Waals surface area contributed by atoms with Crippen LogP contribution >= 0.6 is 0 Å². The van der Waals surface area contributed by atoms with Crippen LogP contribution in [0.15, 0.2) is 45.8 Å². The van der Waals surface area contributed by atoms with Crippen molar-refractivity contribution in [2.24, 2.45) is 0 Å². The number of aromatic hydroxyl groups is 1. The Labute approximate surface area is 110 Å². The van der Waals surface area contributed by atoms with Crippen LogP contribution < -0.4 is 15.1 Å². The van der Waals surface area contributed by atoms with E-state index in [-0.39, 0.29) is 5.75 Å². The zero-order valence-corrected chi connectivity index (χ0v) is 10.8. The predicted octanol–water partition coefficient (Wildman–Crippen LogP) is 1.99. The van der Waals surface area contributed by atoms with Gasteiger partial charge in [-0.15, -0.1) is 0 Å². The highest BCUT2D eigenvalue weighted by atomic mass is 16.5. The monoisotopic (exact) mass is 261 g/mol. The highest BCUT2D eigenvalue weighted by Gasteiger charge is 2.07. The number of hydrogen-bond acceptors (Lipinski definition) is 5. The number of anilines is 1. The van der Waals surface area contributed by atoms with Crippen LogP contribution in [0.5, 0.6) is 11.5 Å². The van der Waals surface area contributed by atoms with E-state index in [9.17, 15) is 4.79 Å². The predicted molar refractivity (Wildman–Crippen MR) is 71.7 cm³/mol. The Kier molecular flexibility index (Phi) is 3.75. The summed E-state index contributed by atoms with van der Waals surface area (Å²) in [5.41, 5.74) is 0.496. The molecule has 0 aliphatic rings. The molecule has 0 aliphatic heterocycles. The molecule has 0 unspecified atom stereocenters. The zero-order chi connectivity index (χ0) is 13.8. The maximum Gasteiger partial charge on any atom is 0.226 e. The number of hydrogen-bond donors (Lipinski definition) is 1. The van der Waals surface area contributed by atoms with Gasteiger partial charge in [0.1, 0.15) is 17.8 Å². The standard InChI is InChI=1S/C14H15NO4/c1-15(10-4-3-5-11(6-10)18-2)8-12-7-13(16)14(17)9-19-12/h3-7,9,17H,8H2,1-2H3. The molecule has 19 heavy (non-hydrogen) atoms. The van der Waals surface area contributed by atoms with Crippen molar-refractivity contribution in [2.75, 3.05) is 19.1 Å². The third kappa shape index (κ3) is 3.07. The summed E-state index contributed by atoms with van der Waals surface area (Å²) in [6.45, 7) is 0.419. The molecule has 2 rings (SSSR count). The molecule has 0 bridgehead atoms. The molecule has 0 fully saturated rings. The molecule has 0 saturated heterocycles. The van der Waals surface area contributed by atoms with E-state index < -0.39 is 5.43 Å². The van der Waals surface area contributed by atoms with E-state index in [4.69, 9.17) is 14.3 Å². The van der Waals surface area contributed by atoms with Crippen LogP contribution in [0.4, 0.5) is 5.69 Å². The Morgan fingerprint density at radius 1 is 1.37 bits per heavy atom. The molecule has 0 spiro atoms. The first-order valence-electron chi connectivity index (χ1n) is 5.76. The number of ether oxygens (including phenoxy) is 1. The molecule has 1 aromatic heterocycles. The second-order valence-corrected chi connectivity index (χ2v) is 4.15. The summed E-state index contributed by atoms with van der Waals surface area (Å²) >= 11 is 0. The van der Waals surface area contributed by atoms with E-state index in [1.165, 1.54) is 6.07 Å². The zero-order valence-electron chi connectivity index (χ0n) is 10.8. The highest BCUT2D eigenvalue weighted by molar-refractivity contribution is 5.50. The Hall–Kier alpha value is -2.43. The average Bonchev–Trinajstić information content (AvgIpc) is 2.43. The fourth-order valence-corrected chi connectivity index (χ4v) is 1.70. The van der Waals surface area contributed by atoms with Crippen LogP contribution in [0.2, 0.25) is 0 Å². The molecular weight excluding hydrogens is 246 g/mol. The minimum absolute atomic E-state index is 0.382. The van der Waals surface area contributed by atoms with E-state index in [1.807, 2.05) is 36.2 Å². The molecule has 1 aromatic carbocycles. The Morgan fingerprint density at radius 2 is 2.16 bits per heavy atom. The topological polar surface area (TPSA) is 62.9 Å². The van der Waals surface area contributed by atoms with E-state index in [1.54, 1.807) is 7.11 Å². The Morgan fingerprint density at radius 3 is 2.84 bits per heavy atom. The van der Waals surface area contributed by atoms with Crippen molar-refractivity contribution in [1.29, 1.82) is 0 Å². The van der Waals surface area contributed by atoms with Gasteiger partial charge in [0.2, 0.25) is 5.43 Å². The summed E-state index contributed by atoms with van der Waals surface area (Å²) in [5, 5.41) is 9.13. The molecule has 0 amide bonds. The van der Waals surface area contributed by atoms with Gasteiger partial charge in [0.15, 0.2) is 5.75 Å². The summed E-state index contributed by atoms with van der Waals surface area (Å²) in [5.74, 6) is 0.859. The number of methoxy groups -OCH3 is 1. The summed E-state index contributed by atoms with van der Waals surface area (Å²) in [6.07, 6.45) is 1.05. The van der Waals surface area contributed by atoms with Crippen molar-refractivity contribution in [2.45, 2.75) is 6.54 Å². The van der Waals surface area contributed by atoms with Gasteiger partial charge in [0.05, 0.1) is 13.7 Å². The molecule has 100 valence electrons. The molecule has 1 N–H and O–H groups in total. The first kappa shape index (κ1) is 13.0.